The first kappa shape index (κ1) is 26.4. The van der Waals surface area contributed by atoms with Gasteiger partial charge in [0.1, 0.15) is 17.9 Å². The molecular weight excluding hydrogens is 543 g/mol. The quantitative estimate of drug-likeness (QED) is 0.240. The minimum absolute atomic E-state index is 0.194. The normalized spacial score (nSPS) is 22.9. The molecule has 0 bridgehead atoms. The second-order valence-electron chi connectivity index (χ2n) is 12.5. The fourth-order valence-electron chi connectivity index (χ4n) is 7.17. The van der Waals surface area contributed by atoms with Gasteiger partial charge in [0.25, 0.3) is 0 Å². The zero-order chi connectivity index (χ0) is 29.0. The fraction of sp³-hybridized carbons (Fsp3) is 0.353. The number of hydrogen-bond acceptors (Lipinski definition) is 8. The summed E-state index contributed by atoms with van der Waals surface area (Å²) in [6.45, 7) is 4.75. The minimum atomic E-state index is -0.728. The summed E-state index contributed by atoms with van der Waals surface area (Å²) in [6, 6.07) is 19.3. The van der Waals surface area contributed by atoms with E-state index in [1.807, 2.05) is 12.1 Å². The van der Waals surface area contributed by atoms with Crippen molar-refractivity contribution >= 4 is 17.2 Å². The molecule has 0 amide bonds. The molecule has 8 rings (SSSR count). The van der Waals surface area contributed by atoms with Crippen LogP contribution >= 0.6 is 0 Å². The first-order valence-electron chi connectivity index (χ1n) is 15.2. The third-order valence-electron chi connectivity index (χ3n) is 9.42. The number of hydrogen-bond donors (Lipinski definition) is 3. The molecule has 220 valence electrons. The van der Waals surface area contributed by atoms with Crippen molar-refractivity contribution in [2.24, 2.45) is 5.41 Å². The molecule has 3 aliphatic heterocycles. The topological polar surface area (TPSA) is 85.8 Å². The molecule has 4 aliphatic rings. The first-order valence-corrected chi connectivity index (χ1v) is 15.2. The fourth-order valence-corrected chi connectivity index (χ4v) is 7.17. The maximum atomic E-state index is 14.5. The summed E-state index contributed by atoms with van der Waals surface area (Å²) < 4.78 is 21.1. The number of ether oxygens (including phenoxy) is 1. The first-order chi connectivity index (χ1) is 21.0. The number of aromatic nitrogens is 2. The second-order valence-corrected chi connectivity index (χ2v) is 12.5. The molecule has 4 heterocycles. The molecule has 3 N–H and O–H groups in total. The number of aliphatic hydroxyl groups excluding tert-OH is 1. The van der Waals surface area contributed by atoms with Crippen molar-refractivity contribution in [1.82, 2.24) is 14.9 Å². The van der Waals surface area contributed by atoms with Gasteiger partial charge in [0.2, 0.25) is 6.35 Å². The van der Waals surface area contributed by atoms with E-state index in [1.165, 1.54) is 30.0 Å². The summed E-state index contributed by atoms with van der Waals surface area (Å²) in [5.74, 6) is 2.23. The van der Waals surface area contributed by atoms with Crippen LogP contribution in [-0.4, -0.2) is 52.5 Å². The van der Waals surface area contributed by atoms with E-state index in [1.54, 1.807) is 24.7 Å². The van der Waals surface area contributed by atoms with Crippen molar-refractivity contribution in [2.75, 3.05) is 41.7 Å². The Labute approximate surface area is 250 Å². The summed E-state index contributed by atoms with van der Waals surface area (Å²) in [6.07, 6.45) is 7.13. The van der Waals surface area contributed by atoms with E-state index in [2.05, 4.69) is 60.7 Å². The standard InChI is InChI=1S/C34H35FN6O2/c35-24-8-10-30(27(16-24)26-4-2-1-3-25(26)23-6-7-23)43-31-17-36-21-37-32(31)41-14-12-34(20-41)11-13-40(19-34)18-22-5-9-28-29(15-22)39-33(42)38-28/h1-5,8-10,15-17,21,23,33,38-39,42H,6-7,11-14,18-20H2. The van der Waals surface area contributed by atoms with E-state index < -0.39 is 6.35 Å². The highest BCUT2D eigenvalue weighted by molar-refractivity contribution is 5.76. The van der Waals surface area contributed by atoms with Crippen LogP contribution in [0.25, 0.3) is 11.1 Å². The average molecular weight is 579 g/mol. The maximum Gasteiger partial charge on any atom is 0.202 e. The molecule has 9 heteroatoms. The SMILES string of the molecule is OC1Nc2ccc(CN3CCC4(CCN(c5ncncc5Oc5ccc(F)cc5-c5ccccc5C5CC5)C4)C3)cc2N1. The van der Waals surface area contributed by atoms with Gasteiger partial charge in [0.15, 0.2) is 11.6 Å². The molecule has 2 unspecified atom stereocenters. The van der Waals surface area contributed by atoms with Gasteiger partial charge in [-0.15, -0.1) is 0 Å². The average Bonchev–Trinajstić information content (AvgIpc) is 3.51. The van der Waals surface area contributed by atoms with Crippen LogP contribution in [0, 0.1) is 11.2 Å². The van der Waals surface area contributed by atoms with Crippen LogP contribution in [0.15, 0.2) is 73.2 Å². The van der Waals surface area contributed by atoms with E-state index in [4.69, 9.17) is 4.74 Å². The Kier molecular flexibility index (Phi) is 6.45. The van der Waals surface area contributed by atoms with Gasteiger partial charge in [-0.1, -0.05) is 30.3 Å². The molecule has 43 heavy (non-hydrogen) atoms. The lowest BCUT2D eigenvalue weighted by molar-refractivity contribution is 0.238. The van der Waals surface area contributed by atoms with Gasteiger partial charge >= 0.3 is 0 Å². The van der Waals surface area contributed by atoms with Gasteiger partial charge in [0, 0.05) is 37.2 Å². The van der Waals surface area contributed by atoms with Crippen molar-refractivity contribution in [2.45, 2.75) is 44.5 Å². The summed E-state index contributed by atoms with van der Waals surface area (Å²) in [5.41, 5.74) is 6.34. The summed E-state index contributed by atoms with van der Waals surface area (Å²) in [5, 5.41) is 15.9. The van der Waals surface area contributed by atoms with Crippen molar-refractivity contribution < 1.29 is 14.2 Å². The Balaban J connectivity index is 0.999. The van der Waals surface area contributed by atoms with Gasteiger partial charge in [0.05, 0.1) is 17.6 Å². The second kappa shape index (κ2) is 10.5. The Bertz CT molecular complexity index is 1680. The zero-order valence-corrected chi connectivity index (χ0v) is 24.0. The van der Waals surface area contributed by atoms with Gasteiger partial charge in [-0.2, -0.15) is 0 Å². The lowest BCUT2D eigenvalue weighted by atomic mass is 9.86. The summed E-state index contributed by atoms with van der Waals surface area (Å²) >= 11 is 0. The van der Waals surface area contributed by atoms with Crippen molar-refractivity contribution in [1.29, 1.82) is 0 Å². The predicted molar refractivity (Wildman–Crippen MR) is 165 cm³/mol. The molecule has 4 aromatic rings. The van der Waals surface area contributed by atoms with Gasteiger partial charge < -0.3 is 25.4 Å². The number of benzene rings is 3. The lowest BCUT2D eigenvalue weighted by Crippen LogP contribution is -2.31. The van der Waals surface area contributed by atoms with E-state index in [0.717, 1.165) is 73.9 Å². The van der Waals surface area contributed by atoms with Crippen LogP contribution in [0.3, 0.4) is 0 Å². The van der Waals surface area contributed by atoms with Crippen molar-refractivity contribution in [3.05, 3.63) is 90.1 Å². The van der Waals surface area contributed by atoms with Gasteiger partial charge in [-0.25, -0.2) is 14.4 Å². The molecule has 0 radical (unpaired) electrons. The van der Waals surface area contributed by atoms with Crippen LogP contribution in [0.4, 0.5) is 21.6 Å². The highest BCUT2D eigenvalue weighted by Gasteiger charge is 2.44. The highest BCUT2D eigenvalue weighted by atomic mass is 19.1. The number of nitrogens with zero attached hydrogens (tertiary/aromatic N) is 4. The number of likely N-dealkylation sites (tertiary alicyclic amines) is 1. The molecule has 2 saturated heterocycles. The highest BCUT2D eigenvalue weighted by Crippen LogP contribution is 2.48. The smallest absolute Gasteiger partial charge is 0.202 e. The van der Waals surface area contributed by atoms with Gasteiger partial charge in [-0.05, 0) is 85.2 Å². The summed E-state index contributed by atoms with van der Waals surface area (Å²) in [4.78, 5) is 13.8. The molecule has 3 aromatic carbocycles. The maximum absolute atomic E-state index is 14.5. The molecule has 1 aliphatic carbocycles. The molecule has 8 nitrogen and oxygen atoms in total. The number of aliphatic hydroxyl groups is 1. The number of halogens is 1. The van der Waals surface area contributed by atoms with Crippen molar-refractivity contribution in [3.8, 4) is 22.6 Å². The van der Waals surface area contributed by atoms with Gasteiger partial charge in [-0.3, -0.25) is 4.90 Å². The largest absolute Gasteiger partial charge is 0.451 e. The molecule has 3 fully saturated rings. The van der Waals surface area contributed by atoms with Crippen LogP contribution in [-0.2, 0) is 6.54 Å². The molecule has 1 aromatic heterocycles. The summed E-state index contributed by atoms with van der Waals surface area (Å²) in [7, 11) is 0. The van der Waals surface area contributed by atoms with Crippen LogP contribution < -0.4 is 20.3 Å². The van der Waals surface area contributed by atoms with E-state index in [9.17, 15) is 9.50 Å². The van der Waals surface area contributed by atoms with Crippen LogP contribution in [0.1, 0.15) is 42.7 Å². The zero-order valence-electron chi connectivity index (χ0n) is 24.0. The number of anilines is 3. The molecule has 1 spiro atoms. The van der Waals surface area contributed by atoms with E-state index in [0.29, 0.717) is 17.4 Å². The monoisotopic (exact) mass is 578 g/mol. The number of nitrogens with one attached hydrogen (secondary N) is 2. The predicted octanol–water partition coefficient (Wildman–Crippen LogP) is 6.17. The van der Waals surface area contributed by atoms with Crippen LogP contribution in [0.2, 0.25) is 0 Å². The molecule has 1 saturated carbocycles. The third kappa shape index (κ3) is 5.17. The molecule has 2 atom stereocenters. The Morgan fingerprint density at radius 2 is 1.79 bits per heavy atom. The molecular formula is C34H35FN6O2. The minimum Gasteiger partial charge on any atom is -0.451 e. The lowest BCUT2D eigenvalue weighted by Gasteiger charge is -2.26. The Morgan fingerprint density at radius 1 is 0.930 bits per heavy atom. The van der Waals surface area contributed by atoms with E-state index in [-0.39, 0.29) is 11.2 Å². The number of fused-ring (bicyclic) bond motifs is 1. The van der Waals surface area contributed by atoms with Crippen molar-refractivity contribution in [3.63, 3.8) is 0 Å². The Morgan fingerprint density at radius 3 is 2.70 bits per heavy atom. The number of rotatable bonds is 7. The third-order valence-corrected chi connectivity index (χ3v) is 9.42. The Hall–Kier alpha value is -4.21. The van der Waals surface area contributed by atoms with Crippen LogP contribution in [0.5, 0.6) is 11.5 Å². The van der Waals surface area contributed by atoms with E-state index >= 15 is 0 Å².